The number of amides is 1. The molecule has 3 aromatic rings. The molecule has 2 aromatic heterocycles. The number of para-hydroxylation sites is 2. The highest BCUT2D eigenvalue weighted by Gasteiger charge is 2.13. The lowest BCUT2D eigenvalue weighted by molar-refractivity contribution is 0.102. The highest BCUT2D eigenvalue weighted by Crippen LogP contribution is 2.15. The van der Waals surface area contributed by atoms with Gasteiger partial charge in [-0.15, -0.1) is 0 Å². The Bertz CT molecular complexity index is 679. The molecule has 0 saturated heterocycles. The van der Waals surface area contributed by atoms with E-state index in [0.29, 0.717) is 17.3 Å². The Labute approximate surface area is 103 Å². The van der Waals surface area contributed by atoms with Crippen LogP contribution in [0.25, 0.3) is 11.0 Å². The van der Waals surface area contributed by atoms with Gasteiger partial charge in [0.2, 0.25) is 5.95 Å². The average molecular weight is 241 g/mol. The van der Waals surface area contributed by atoms with Crippen LogP contribution in [0.4, 0.5) is 5.95 Å². The Morgan fingerprint density at radius 2 is 2.17 bits per heavy atom. The molecule has 0 unspecified atom stereocenters. The second-order valence-corrected chi connectivity index (χ2v) is 3.95. The standard InChI is InChI=1S/C13H11N3O2/c1-8-9(6-7-18-8)12(17)16-13-14-10-4-2-3-5-11(10)15-13/h2-7H,1H3,(H2,14,15,16,17). The summed E-state index contributed by atoms with van der Waals surface area (Å²) in [4.78, 5) is 19.3. The summed E-state index contributed by atoms with van der Waals surface area (Å²) in [5.74, 6) is 0.783. The number of aryl methyl sites for hydroxylation is 1. The minimum Gasteiger partial charge on any atom is -0.469 e. The number of H-pyrrole nitrogens is 1. The maximum absolute atomic E-state index is 11.9. The van der Waals surface area contributed by atoms with Crippen molar-refractivity contribution in [2.24, 2.45) is 0 Å². The van der Waals surface area contributed by atoms with Gasteiger partial charge in [0, 0.05) is 0 Å². The van der Waals surface area contributed by atoms with Crippen LogP contribution in [0.5, 0.6) is 0 Å². The monoisotopic (exact) mass is 241 g/mol. The van der Waals surface area contributed by atoms with E-state index in [-0.39, 0.29) is 5.91 Å². The first-order chi connectivity index (χ1) is 8.74. The summed E-state index contributed by atoms with van der Waals surface area (Å²) < 4.78 is 5.09. The number of aromatic amines is 1. The maximum Gasteiger partial charge on any atom is 0.261 e. The number of anilines is 1. The van der Waals surface area contributed by atoms with Crippen LogP contribution in [-0.2, 0) is 0 Å². The van der Waals surface area contributed by atoms with Crippen molar-refractivity contribution in [3.8, 4) is 0 Å². The number of imidazole rings is 1. The molecule has 2 N–H and O–H groups in total. The fourth-order valence-corrected chi connectivity index (χ4v) is 1.81. The summed E-state index contributed by atoms with van der Waals surface area (Å²) >= 11 is 0. The molecule has 1 amide bonds. The predicted molar refractivity (Wildman–Crippen MR) is 67.5 cm³/mol. The molecule has 0 aliphatic rings. The van der Waals surface area contributed by atoms with E-state index in [1.807, 2.05) is 24.3 Å². The smallest absolute Gasteiger partial charge is 0.261 e. The first kappa shape index (κ1) is 10.6. The van der Waals surface area contributed by atoms with E-state index in [1.165, 1.54) is 6.26 Å². The minimum atomic E-state index is -0.236. The molecular weight excluding hydrogens is 230 g/mol. The average Bonchev–Trinajstić information content (AvgIpc) is 2.94. The molecule has 0 fully saturated rings. The summed E-state index contributed by atoms with van der Waals surface area (Å²) in [7, 11) is 0. The molecule has 0 aliphatic carbocycles. The Morgan fingerprint density at radius 3 is 2.89 bits per heavy atom. The van der Waals surface area contributed by atoms with Crippen molar-refractivity contribution in [3.05, 3.63) is 47.9 Å². The van der Waals surface area contributed by atoms with Gasteiger partial charge in [0.25, 0.3) is 5.91 Å². The van der Waals surface area contributed by atoms with Gasteiger partial charge >= 0.3 is 0 Å². The molecule has 0 spiro atoms. The molecule has 0 aliphatic heterocycles. The lowest BCUT2D eigenvalue weighted by Crippen LogP contribution is -2.13. The molecule has 0 atom stereocenters. The van der Waals surface area contributed by atoms with Gasteiger partial charge in [0.15, 0.2) is 0 Å². The highest BCUT2D eigenvalue weighted by molar-refractivity contribution is 6.04. The zero-order chi connectivity index (χ0) is 12.5. The number of rotatable bonds is 2. The van der Waals surface area contributed by atoms with Gasteiger partial charge in [-0.3, -0.25) is 10.1 Å². The summed E-state index contributed by atoms with van der Waals surface area (Å²) in [6.45, 7) is 1.74. The van der Waals surface area contributed by atoms with E-state index in [1.54, 1.807) is 13.0 Å². The zero-order valence-electron chi connectivity index (χ0n) is 9.73. The van der Waals surface area contributed by atoms with Crippen LogP contribution in [0.3, 0.4) is 0 Å². The van der Waals surface area contributed by atoms with Crippen LogP contribution in [-0.4, -0.2) is 15.9 Å². The van der Waals surface area contributed by atoms with Crippen molar-refractivity contribution in [2.75, 3.05) is 5.32 Å². The van der Waals surface area contributed by atoms with Crippen molar-refractivity contribution in [1.29, 1.82) is 0 Å². The molecule has 90 valence electrons. The fourth-order valence-electron chi connectivity index (χ4n) is 1.81. The summed E-state index contributed by atoms with van der Waals surface area (Å²) in [5.41, 5.74) is 2.21. The predicted octanol–water partition coefficient (Wildman–Crippen LogP) is 2.72. The largest absolute Gasteiger partial charge is 0.469 e. The quantitative estimate of drug-likeness (QED) is 0.724. The normalized spacial score (nSPS) is 10.7. The number of hydrogen-bond donors (Lipinski definition) is 2. The summed E-state index contributed by atoms with van der Waals surface area (Å²) in [5, 5.41) is 2.71. The molecule has 0 saturated carbocycles. The molecular formula is C13H11N3O2. The lowest BCUT2D eigenvalue weighted by Gasteiger charge is -1.99. The van der Waals surface area contributed by atoms with E-state index < -0.39 is 0 Å². The number of aromatic nitrogens is 2. The van der Waals surface area contributed by atoms with E-state index in [4.69, 9.17) is 4.42 Å². The number of carbonyl (C=O) groups excluding carboxylic acids is 1. The van der Waals surface area contributed by atoms with Crippen molar-refractivity contribution in [2.45, 2.75) is 6.92 Å². The lowest BCUT2D eigenvalue weighted by atomic mass is 10.2. The van der Waals surface area contributed by atoms with Gasteiger partial charge in [-0.25, -0.2) is 4.98 Å². The first-order valence-corrected chi connectivity index (χ1v) is 5.54. The van der Waals surface area contributed by atoms with Gasteiger partial charge < -0.3 is 9.40 Å². The number of fused-ring (bicyclic) bond motifs is 1. The van der Waals surface area contributed by atoms with Crippen LogP contribution < -0.4 is 5.32 Å². The van der Waals surface area contributed by atoms with Gasteiger partial charge in [-0.2, -0.15) is 0 Å². The zero-order valence-corrected chi connectivity index (χ0v) is 9.73. The van der Waals surface area contributed by atoms with E-state index >= 15 is 0 Å². The van der Waals surface area contributed by atoms with Crippen molar-refractivity contribution in [1.82, 2.24) is 9.97 Å². The van der Waals surface area contributed by atoms with Gasteiger partial charge in [0.1, 0.15) is 5.76 Å². The van der Waals surface area contributed by atoms with Gasteiger partial charge in [-0.1, -0.05) is 12.1 Å². The van der Waals surface area contributed by atoms with Crippen LogP contribution in [0.2, 0.25) is 0 Å². The van der Waals surface area contributed by atoms with Crippen molar-refractivity contribution < 1.29 is 9.21 Å². The van der Waals surface area contributed by atoms with Crippen molar-refractivity contribution in [3.63, 3.8) is 0 Å². The number of hydrogen-bond acceptors (Lipinski definition) is 3. The topological polar surface area (TPSA) is 70.9 Å². The fraction of sp³-hybridized carbons (Fsp3) is 0.0769. The first-order valence-electron chi connectivity index (χ1n) is 5.54. The van der Waals surface area contributed by atoms with Crippen LogP contribution in [0.1, 0.15) is 16.1 Å². The number of nitrogens with one attached hydrogen (secondary N) is 2. The Hall–Kier alpha value is -2.56. The molecule has 18 heavy (non-hydrogen) atoms. The molecule has 0 bridgehead atoms. The SMILES string of the molecule is Cc1occc1C(=O)Nc1nc2ccccc2[nH]1. The number of carbonyl (C=O) groups is 1. The van der Waals surface area contributed by atoms with Crippen molar-refractivity contribution >= 4 is 22.9 Å². The van der Waals surface area contributed by atoms with Gasteiger partial charge in [0.05, 0.1) is 22.9 Å². The van der Waals surface area contributed by atoms with E-state index in [9.17, 15) is 4.79 Å². The third-order valence-electron chi connectivity index (χ3n) is 2.72. The number of nitrogens with zero attached hydrogens (tertiary/aromatic N) is 1. The van der Waals surface area contributed by atoms with Gasteiger partial charge in [-0.05, 0) is 25.1 Å². The third-order valence-corrected chi connectivity index (χ3v) is 2.72. The van der Waals surface area contributed by atoms with E-state index in [2.05, 4.69) is 15.3 Å². The van der Waals surface area contributed by atoms with Crippen LogP contribution >= 0.6 is 0 Å². The Morgan fingerprint density at radius 1 is 1.33 bits per heavy atom. The Balaban J connectivity index is 1.88. The molecule has 5 nitrogen and oxygen atoms in total. The summed E-state index contributed by atoms with van der Waals surface area (Å²) in [6.07, 6.45) is 1.49. The molecule has 1 aromatic carbocycles. The molecule has 0 radical (unpaired) electrons. The second kappa shape index (κ2) is 4.03. The minimum absolute atomic E-state index is 0.236. The second-order valence-electron chi connectivity index (χ2n) is 3.95. The Kier molecular flexibility index (Phi) is 2.37. The van der Waals surface area contributed by atoms with Crippen LogP contribution in [0, 0.1) is 6.92 Å². The third kappa shape index (κ3) is 1.75. The number of furan rings is 1. The summed E-state index contributed by atoms with van der Waals surface area (Å²) in [6, 6.07) is 9.22. The highest BCUT2D eigenvalue weighted by atomic mass is 16.3. The molecule has 5 heteroatoms. The molecule has 2 heterocycles. The van der Waals surface area contributed by atoms with Crippen LogP contribution in [0.15, 0.2) is 41.0 Å². The maximum atomic E-state index is 11.9. The molecule has 3 rings (SSSR count). The number of benzene rings is 1. The van der Waals surface area contributed by atoms with E-state index in [0.717, 1.165) is 11.0 Å².